The minimum atomic E-state index is 0. The third-order valence-electron chi connectivity index (χ3n) is 3.62. The van der Waals surface area contributed by atoms with Gasteiger partial charge in [-0.15, -0.1) is 12.4 Å². The van der Waals surface area contributed by atoms with E-state index in [1.807, 2.05) is 0 Å². The van der Waals surface area contributed by atoms with Gasteiger partial charge in [0.1, 0.15) is 0 Å². The summed E-state index contributed by atoms with van der Waals surface area (Å²) in [4.78, 5) is 0. The molecule has 2 atom stereocenters. The van der Waals surface area contributed by atoms with Crippen molar-refractivity contribution in [2.75, 3.05) is 0 Å². The Labute approximate surface area is 88.1 Å². The fraction of sp³-hybridized carbons (Fsp3) is 1.00. The molecule has 2 rings (SSSR count). The Bertz CT molecular complexity index is 143. The molecule has 0 bridgehead atoms. The fourth-order valence-corrected chi connectivity index (χ4v) is 2.91. The van der Waals surface area contributed by atoms with E-state index in [4.69, 9.17) is 0 Å². The number of hydrogen-bond acceptors (Lipinski definition) is 1. The normalized spacial score (nSPS) is 35.8. The number of nitrogens with one attached hydrogen (secondary N) is 1. The molecule has 2 heteroatoms. The van der Waals surface area contributed by atoms with Crippen LogP contribution in [0.5, 0.6) is 0 Å². The molecule has 1 aliphatic carbocycles. The predicted octanol–water partition coefficient (Wildman–Crippen LogP) is 3.13. The molecule has 0 amide bonds. The summed E-state index contributed by atoms with van der Waals surface area (Å²) in [6.45, 7) is 2.33. The van der Waals surface area contributed by atoms with E-state index in [1.165, 1.54) is 44.9 Å². The van der Waals surface area contributed by atoms with Crippen molar-refractivity contribution < 1.29 is 0 Å². The smallest absolute Gasteiger partial charge is 0.00978 e. The molecule has 0 spiro atoms. The van der Waals surface area contributed by atoms with Crippen LogP contribution in [0.2, 0.25) is 0 Å². The summed E-state index contributed by atoms with van der Waals surface area (Å²) in [5.74, 6) is 1.02. The van der Waals surface area contributed by atoms with Crippen molar-refractivity contribution in [1.29, 1.82) is 0 Å². The average Bonchev–Trinajstić information content (AvgIpc) is 2.56. The van der Waals surface area contributed by atoms with Gasteiger partial charge in [0, 0.05) is 12.1 Å². The molecule has 0 aromatic carbocycles. The van der Waals surface area contributed by atoms with Crippen LogP contribution >= 0.6 is 12.4 Å². The van der Waals surface area contributed by atoms with Crippen molar-refractivity contribution in [1.82, 2.24) is 5.32 Å². The molecule has 78 valence electrons. The Morgan fingerprint density at radius 3 is 2.23 bits per heavy atom. The molecule has 0 aromatic heterocycles. The number of hydrogen-bond donors (Lipinski definition) is 1. The zero-order valence-corrected chi connectivity index (χ0v) is 9.41. The number of rotatable bonds is 1. The summed E-state index contributed by atoms with van der Waals surface area (Å²) in [6, 6.07) is 1.65. The lowest BCUT2D eigenvalue weighted by atomic mass is 9.89. The van der Waals surface area contributed by atoms with E-state index in [9.17, 15) is 0 Å². The molecule has 0 unspecified atom stereocenters. The van der Waals surface area contributed by atoms with Gasteiger partial charge in [-0.25, -0.2) is 0 Å². The Hall–Kier alpha value is 0.250. The summed E-state index contributed by atoms with van der Waals surface area (Å²) < 4.78 is 0. The molecule has 1 saturated heterocycles. The lowest BCUT2D eigenvalue weighted by Gasteiger charge is -2.32. The van der Waals surface area contributed by atoms with Crippen molar-refractivity contribution in [2.24, 2.45) is 5.92 Å². The highest BCUT2D eigenvalue weighted by Gasteiger charge is 2.27. The Balaban J connectivity index is 0.000000845. The Kier molecular flexibility index (Phi) is 4.54. The lowest BCUT2D eigenvalue weighted by molar-refractivity contribution is 0.258. The monoisotopic (exact) mass is 203 g/mol. The molecule has 2 aliphatic rings. The van der Waals surface area contributed by atoms with Gasteiger partial charge in [-0.05, 0) is 38.5 Å². The molecule has 13 heavy (non-hydrogen) atoms. The molecule has 1 nitrogen and oxygen atoms in total. The van der Waals surface area contributed by atoms with Gasteiger partial charge in [-0.1, -0.05) is 19.3 Å². The molecule has 1 heterocycles. The first-order valence-electron chi connectivity index (χ1n) is 5.62. The third-order valence-corrected chi connectivity index (χ3v) is 3.62. The molecule has 1 N–H and O–H groups in total. The molecule has 1 aliphatic heterocycles. The zero-order valence-electron chi connectivity index (χ0n) is 8.59. The van der Waals surface area contributed by atoms with E-state index in [0.29, 0.717) is 0 Å². The highest BCUT2D eigenvalue weighted by molar-refractivity contribution is 5.85. The Morgan fingerprint density at radius 2 is 1.62 bits per heavy atom. The summed E-state index contributed by atoms with van der Waals surface area (Å²) in [6.07, 6.45) is 10.2. The minimum Gasteiger partial charge on any atom is -0.311 e. The van der Waals surface area contributed by atoms with Crippen molar-refractivity contribution in [3.8, 4) is 0 Å². The second kappa shape index (κ2) is 5.21. The largest absolute Gasteiger partial charge is 0.311 e. The second-order valence-corrected chi connectivity index (χ2v) is 4.65. The van der Waals surface area contributed by atoms with Gasteiger partial charge in [0.25, 0.3) is 0 Å². The molecule has 2 fully saturated rings. The molecular formula is C11H22ClN. The fourth-order valence-electron chi connectivity index (χ4n) is 2.91. The average molecular weight is 204 g/mol. The topological polar surface area (TPSA) is 12.0 Å². The molecule has 0 aromatic rings. The maximum atomic E-state index is 3.76. The van der Waals surface area contributed by atoms with E-state index in [-0.39, 0.29) is 12.4 Å². The molecule has 1 saturated carbocycles. The highest BCUT2D eigenvalue weighted by Crippen LogP contribution is 2.31. The number of piperidine rings is 1. The van der Waals surface area contributed by atoms with E-state index in [1.54, 1.807) is 0 Å². The van der Waals surface area contributed by atoms with Gasteiger partial charge in [0.05, 0.1) is 0 Å². The minimum absolute atomic E-state index is 0. The van der Waals surface area contributed by atoms with E-state index in [2.05, 4.69) is 12.2 Å². The first-order valence-corrected chi connectivity index (χ1v) is 5.62. The van der Waals surface area contributed by atoms with Crippen LogP contribution in [0.4, 0.5) is 0 Å². The summed E-state index contributed by atoms with van der Waals surface area (Å²) >= 11 is 0. The SMILES string of the molecule is C[C@@H]1CCC[C@@H](C2CCCC2)N1.Cl. The maximum Gasteiger partial charge on any atom is 0.00978 e. The lowest BCUT2D eigenvalue weighted by Crippen LogP contribution is -2.44. The van der Waals surface area contributed by atoms with Crippen LogP contribution in [-0.2, 0) is 0 Å². The van der Waals surface area contributed by atoms with E-state index < -0.39 is 0 Å². The predicted molar refractivity (Wildman–Crippen MR) is 59.4 cm³/mol. The summed E-state index contributed by atoms with van der Waals surface area (Å²) in [7, 11) is 0. The van der Waals surface area contributed by atoms with Gasteiger partial charge in [-0.3, -0.25) is 0 Å². The van der Waals surface area contributed by atoms with Gasteiger partial charge < -0.3 is 5.32 Å². The zero-order chi connectivity index (χ0) is 8.39. The number of halogens is 1. The summed E-state index contributed by atoms with van der Waals surface area (Å²) in [5.41, 5.74) is 0. The van der Waals surface area contributed by atoms with Gasteiger partial charge >= 0.3 is 0 Å². The van der Waals surface area contributed by atoms with Crippen molar-refractivity contribution in [3.05, 3.63) is 0 Å². The quantitative estimate of drug-likeness (QED) is 0.691. The summed E-state index contributed by atoms with van der Waals surface area (Å²) in [5, 5.41) is 3.76. The van der Waals surface area contributed by atoms with Crippen molar-refractivity contribution in [3.63, 3.8) is 0 Å². The van der Waals surface area contributed by atoms with Crippen LogP contribution in [-0.4, -0.2) is 12.1 Å². The standard InChI is InChI=1S/C11H21N.ClH/c1-9-5-4-8-11(12-9)10-6-2-3-7-10;/h9-12H,2-8H2,1H3;1H/t9-,11+;/m1./s1. The van der Waals surface area contributed by atoms with Gasteiger partial charge in [-0.2, -0.15) is 0 Å². The van der Waals surface area contributed by atoms with Crippen LogP contribution < -0.4 is 5.32 Å². The first kappa shape index (κ1) is 11.3. The molecule has 0 radical (unpaired) electrons. The second-order valence-electron chi connectivity index (χ2n) is 4.65. The van der Waals surface area contributed by atoms with Crippen LogP contribution in [0.25, 0.3) is 0 Å². The highest BCUT2D eigenvalue weighted by atomic mass is 35.5. The van der Waals surface area contributed by atoms with Crippen LogP contribution in [0.3, 0.4) is 0 Å². The van der Waals surface area contributed by atoms with Crippen LogP contribution in [0.1, 0.15) is 51.9 Å². The van der Waals surface area contributed by atoms with E-state index >= 15 is 0 Å². The van der Waals surface area contributed by atoms with Gasteiger partial charge in [0.15, 0.2) is 0 Å². The van der Waals surface area contributed by atoms with Crippen LogP contribution in [0.15, 0.2) is 0 Å². The van der Waals surface area contributed by atoms with Crippen LogP contribution in [0, 0.1) is 5.92 Å². The molecular weight excluding hydrogens is 182 g/mol. The van der Waals surface area contributed by atoms with Crippen molar-refractivity contribution >= 4 is 12.4 Å². The third kappa shape index (κ3) is 2.85. The van der Waals surface area contributed by atoms with Crippen molar-refractivity contribution in [2.45, 2.75) is 64.0 Å². The van der Waals surface area contributed by atoms with Gasteiger partial charge in [0.2, 0.25) is 0 Å². The Morgan fingerprint density at radius 1 is 0.923 bits per heavy atom. The maximum absolute atomic E-state index is 3.76. The first-order chi connectivity index (χ1) is 5.86. The van der Waals surface area contributed by atoms with E-state index in [0.717, 1.165) is 18.0 Å².